The molecule has 234 valence electrons. The van der Waals surface area contributed by atoms with Crippen LogP contribution in [0.25, 0.3) is 65.7 Å². The molecule has 1 aliphatic rings. The van der Waals surface area contributed by atoms with Crippen LogP contribution in [0.2, 0.25) is 0 Å². The van der Waals surface area contributed by atoms with Crippen molar-refractivity contribution in [3.63, 3.8) is 0 Å². The molecule has 50 heavy (non-hydrogen) atoms. The largest absolute Gasteiger partial charge is 0.308 e. The number of amides is 2. The van der Waals surface area contributed by atoms with Crippen LogP contribution in [-0.2, 0) is 0 Å². The fraction of sp³-hybridized carbons (Fsp3) is 0. The zero-order valence-corrected chi connectivity index (χ0v) is 26.7. The number of aromatic nitrogens is 1. The van der Waals surface area contributed by atoms with Crippen LogP contribution in [0.5, 0.6) is 0 Å². The molecule has 7 aromatic carbocycles. The summed E-state index contributed by atoms with van der Waals surface area (Å²) in [5, 5.41) is 2.07. The van der Waals surface area contributed by atoms with Crippen molar-refractivity contribution in [1.82, 2.24) is 4.57 Å². The summed E-state index contributed by atoms with van der Waals surface area (Å²) in [5.74, 6) is -0.703. The van der Waals surface area contributed by atoms with E-state index in [1.165, 1.54) is 4.90 Å². The molecule has 9 rings (SSSR count). The molecule has 0 spiro atoms. The van der Waals surface area contributed by atoms with E-state index >= 15 is 0 Å². The molecule has 5 nitrogen and oxygen atoms in total. The molecule has 2 amide bonds. The molecule has 1 aromatic heterocycles. The lowest BCUT2D eigenvalue weighted by Gasteiger charge is -2.20. The van der Waals surface area contributed by atoms with Gasteiger partial charge in [-0.15, -0.1) is 0 Å². The molecule has 5 heteroatoms. The van der Waals surface area contributed by atoms with Crippen LogP contribution in [0.1, 0.15) is 20.7 Å². The van der Waals surface area contributed by atoms with Crippen LogP contribution in [0, 0.1) is 6.57 Å². The third kappa shape index (κ3) is 4.55. The van der Waals surface area contributed by atoms with E-state index in [0.29, 0.717) is 28.2 Å². The summed E-state index contributed by atoms with van der Waals surface area (Å²) in [4.78, 5) is 34.1. The second-order valence-corrected chi connectivity index (χ2v) is 12.4. The first kappa shape index (κ1) is 29.1. The fourth-order valence-corrected chi connectivity index (χ4v) is 7.20. The second kappa shape index (κ2) is 11.6. The Labute approximate surface area is 288 Å². The van der Waals surface area contributed by atoms with Crippen molar-refractivity contribution >= 4 is 45.0 Å². The van der Waals surface area contributed by atoms with Crippen LogP contribution in [-0.4, -0.2) is 16.4 Å². The maximum atomic E-state index is 14.8. The van der Waals surface area contributed by atoms with Gasteiger partial charge in [0.25, 0.3) is 11.8 Å². The number of carbonyl (C=O) groups excluding carboxylic acids is 2. The van der Waals surface area contributed by atoms with Crippen molar-refractivity contribution < 1.29 is 9.59 Å². The van der Waals surface area contributed by atoms with Gasteiger partial charge in [-0.2, -0.15) is 0 Å². The van der Waals surface area contributed by atoms with Crippen molar-refractivity contribution in [1.29, 1.82) is 0 Å². The summed E-state index contributed by atoms with van der Waals surface area (Å²) in [6.07, 6.45) is 0. The molecular weight excluding hydrogens is 615 g/mol. The van der Waals surface area contributed by atoms with E-state index in [9.17, 15) is 9.59 Å². The Kier molecular flexibility index (Phi) is 6.75. The topological polar surface area (TPSA) is 46.7 Å². The molecule has 1 aliphatic heterocycles. The monoisotopic (exact) mass is 641 g/mol. The summed E-state index contributed by atoms with van der Waals surface area (Å²) < 4.78 is 2.10. The van der Waals surface area contributed by atoms with Gasteiger partial charge in [0.2, 0.25) is 0 Å². The molecule has 0 atom stereocenters. The van der Waals surface area contributed by atoms with Gasteiger partial charge in [0, 0.05) is 16.3 Å². The normalized spacial score (nSPS) is 12.4. The zero-order valence-electron chi connectivity index (χ0n) is 26.7. The molecule has 0 saturated heterocycles. The van der Waals surface area contributed by atoms with E-state index in [-0.39, 0.29) is 11.8 Å². The summed E-state index contributed by atoms with van der Waals surface area (Å²) in [7, 11) is 0. The van der Waals surface area contributed by atoms with E-state index < -0.39 is 0 Å². The molecule has 0 bridgehead atoms. The molecular formula is C45H27N3O2. The van der Waals surface area contributed by atoms with Crippen molar-refractivity contribution in [3.8, 4) is 39.1 Å². The molecule has 0 N–H and O–H groups in total. The zero-order chi connectivity index (χ0) is 33.8. The predicted molar refractivity (Wildman–Crippen MR) is 201 cm³/mol. The van der Waals surface area contributed by atoms with Crippen LogP contribution < -0.4 is 4.90 Å². The highest BCUT2D eigenvalue weighted by Gasteiger charge is 2.40. The lowest BCUT2D eigenvalue weighted by Crippen LogP contribution is -2.30. The average Bonchev–Trinajstić information content (AvgIpc) is 3.65. The van der Waals surface area contributed by atoms with E-state index in [4.69, 9.17) is 6.57 Å². The number of hydrogen-bond acceptors (Lipinski definition) is 2. The van der Waals surface area contributed by atoms with Crippen molar-refractivity contribution in [2.45, 2.75) is 0 Å². The van der Waals surface area contributed by atoms with Crippen molar-refractivity contribution in [3.05, 3.63) is 186 Å². The van der Waals surface area contributed by atoms with Gasteiger partial charge in [-0.1, -0.05) is 127 Å². The Hall–Kier alpha value is -7.03. The van der Waals surface area contributed by atoms with Crippen LogP contribution >= 0.6 is 0 Å². The highest BCUT2D eigenvalue weighted by molar-refractivity contribution is 6.36. The first-order valence-electron chi connectivity index (χ1n) is 16.4. The number of rotatable bonds is 5. The minimum Gasteiger partial charge on any atom is -0.308 e. The third-order valence-electron chi connectivity index (χ3n) is 9.57. The molecule has 8 aromatic rings. The summed E-state index contributed by atoms with van der Waals surface area (Å²) in [6.45, 7) is 7.31. The van der Waals surface area contributed by atoms with Gasteiger partial charge >= 0.3 is 0 Å². The highest BCUT2D eigenvalue weighted by Crippen LogP contribution is 2.42. The van der Waals surface area contributed by atoms with E-state index in [0.717, 1.165) is 55.2 Å². The van der Waals surface area contributed by atoms with Gasteiger partial charge in [-0.25, -0.2) is 9.74 Å². The Morgan fingerprint density at radius 2 is 1.06 bits per heavy atom. The first-order valence-corrected chi connectivity index (χ1v) is 16.4. The number of nitrogens with zero attached hydrogens (tertiary/aromatic N) is 3. The first-order chi connectivity index (χ1) is 24.6. The maximum absolute atomic E-state index is 14.8. The smallest absolute Gasteiger partial charge is 0.268 e. The minimum atomic E-state index is -0.356. The minimum absolute atomic E-state index is 0.347. The van der Waals surface area contributed by atoms with E-state index in [2.05, 4.69) is 39.7 Å². The highest BCUT2D eigenvalue weighted by atomic mass is 16.2. The maximum Gasteiger partial charge on any atom is 0.268 e. The lowest BCUT2D eigenvalue weighted by molar-refractivity contribution is 0.0926. The Bertz CT molecular complexity index is 2690. The standard InChI is InChI=1S/C45H27N3O2/c1-46-34-23-19-30(20-24-34)32-22-26-40-38(27-32)36-15-8-9-17-39(36)47(40)41-18-10-16-37-43(41)45(50)48(44(37)49)42-28-33(29-11-4-2-5-12-29)21-25-35(42)31-13-6-3-7-14-31/h2-28H. The van der Waals surface area contributed by atoms with Gasteiger partial charge in [0.05, 0.1) is 40.1 Å². The molecule has 0 radical (unpaired) electrons. The Morgan fingerprint density at radius 3 is 1.82 bits per heavy atom. The molecule has 2 heterocycles. The van der Waals surface area contributed by atoms with Crippen molar-refractivity contribution in [2.24, 2.45) is 0 Å². The summed E-state index contributed by atoms with van der Waals surface area (Å²) in [5.41, 5.74) is 10.1. The van der Waals surface area contributed by atoms with Gasteiger partial charge in [0.1, 0.15) is 0 Å². The average molecular weight is 642 g/mol. The lowest BCUT2D eigenvalue weighted by atomic mass is 9.97. The predicted octanol–water partition coefficient (Wildman–Crippen LogP) is 11.1. The van der Waals surface area contributed by atoms with Gasteiger partial charge in [-0.05, 0) is 64.2 Å². The number of hydrogen-bond donors (Lipinski definition) is 0. The number of carbonyl (C=O) groups is 2. The van der Waals surface area contributed by atoms with Gasteiger partial charge < -0.3 is 4.57 Å². The second-order valence-electron chi connectivity index (χ2n) is 12.4. The van der Waals surface area contributed by atoms with Crippen LogP contribution in [0.4, 0.5) is 11.4 Å². The van der Waals surface area contributed by atoms with Gasteiger partial charge in [0.15, 0.2) is 5.69 Å². The fourth-order valence-electron chi connectivity index (χ4n) is 7.20. The SMILES string of the molecule is [C-]#[N+]c1ccc(-c2ccc3c(c2)c2ccccc2n3-c2cccc3c2C(=O)N(c2cc(-c4ccccc4)ccc2-c2ccccc2)C3=O)cc1. The molecule has 0 fully saturated rings. The van der Waals surface area contributed by atoms with E-state index in [1.54, 1.807) is 6.07 Å². The van der Waals surface area contributed by atoms with E-state index in [1.807, 2.05) is 127 Å². The summed E-state index contributed by atoms with van der Waals surface area (Å²) in [6, 6.07) is 53.4. The number of anilines is 1. The number of benzene rings is 7. The summed E-state index contributed by atoms with van der Waals surface area (Å²) >= 11 is 0. The Morgan fingerprint density at radius 1 is 0.440 bits per heavy atom. The molecule has 0 saturated carbocycles. The van der Waals surface area contributed by atoms with Crippen LogP contribution in [0.15, 0.2) is 164 Å². The van der Waals surface area contributed by atoms with Gasteiger partial charge in [-0.3, -0.25) is 9.59 Å². The number of para-hydroxylation sites is 1. The van der Waals surface area contributed by atoms with Crippen molar-refractivity contribution in [2.75, 3.05) is 4.90 Å². The molecule has 0 aliphatic carbocycles. The quantitative estimate of drug-likeness (QED) is 0.139. The molecule has 0 unspecified atom stereocenters. The number of fused-ring (bicyclic) bond motifs is 4. The van der Waals surface area contributed by atoms with Crippen LogP contribution in [0.3, 0.4) is 0 Å². The third-order valence-corrected chi connectivity index (χ3v) is 9.57. The number of imide groups is 1. The Balaban J connectivity index is 1.22.